The summed E-state index contributed by atoms with van der Waals surface area (Å²) in [4.78, 5) is 0. The Morgan fingerprint density at radius 3 is 1.81 bits per heavy atom. The molecular formula is C26H30F4O. The van der Waals surface area contributed by atoms with E-state index in [1.165, 1.54) is 50.7 Å². The van der Waals surface area contributed by atoms with Crippen LogP contribution in [0.3, 0.4) is 0 Å². The zero-order valence-corrected chi connectivity index (χ0v) is 17.9. The SMILES string of the molecule is CC1CCC(C2CCC(c3ccc(C(F)(F)Oc4cc(F)cc(F)c4)cc3)CC2)CC1. The van der Waals surface area contributed by atoms with Gasteiger partial charge in [0.25, 0.3) is 0 Å². The van der Waals surface area contributed by atoms with Crippen LogP contribution >= 0.6 is 0 Å². The predicted octanol–water partition coefficient (Wildman–Crippen LogP) is 8.19. The van der Waals surface area contributed by atoms with Gasteiger partial charge >= 0.3 is 6.11 Å². The van der Waals surface area contributed by atoms with Crippen molar-refractivity contribution in [3.05, 3.63) is 65.2 Å². The molecule has 0 heterocycles. The first kappa shape index (κ1) is 22.2. The third-order valence-electron chi connectivity index (χ3n) is 7.30. The van der Waals surface area contributed by atoms with Crippen molar-refractivity contribution >= 4 is 0 Å². The van der Waals surface area contributed by atoms with Gasteiger partial charge in [-0.2, -0.15) is 8.78 Å². The molecule has 2 aliphatic rings. The highest BCUT2D eigenvalue weighted by atomic mass is 19.3. The summed E-state index contributed by atoms with van der Waals surface area (Å²) in [5.41, 5.74) is 0.748. The van der Waals surface area contributed by atoms with Crippen molar-refractivity contribution in [2.24, 2.45) is 17.8 Å². The number of ether oxygens (including phenoxy) is 1. The number of hydrogen-bond acceptors (Lipinski definition) is 1. The zero-order valence-electron chi connectivity index (χ0n) is 17.9. The van der Waals surface area contributed by atoms with Crippen LogP contribution in [-0.4, -0.2) is 0 Å². The van der Waals surface area contributed by atoms with Gasteiger partial charge < -0.3 is 4.74 Å². The minimum atomic E-state index is -3.67. The van der Waals surface area contributed by atoms with Crippen LogP contribution in [0.15, 0.2) is 42.5 Å². The summed E-state index contributed by atoms with van der Waals surface area (Å²) < 4.78 is 60.1. The molecule has 5 heteroatoms. The molecule has 2 aliphatic carbocycles. The van der Waals surface area contributed by atoms with Gasteiger partial charge in [0.05, 0.1) is 5.56 Å². The van der Waals surface area contributed by atoms with E-state index < -0.39 is 23.5 Å². The van der Waals surface area contributed by atoms with Gasteiger partial charge in [0.1, 0.15) is 17.4 Å². The van der Waals surface area contributed by atoms with Crippen LogP contribution in [0.5, 0.6) is 5.75 Å². The Labute approximate surface area is 181 Å². The Balaban J connectivity index is 1.35. The number of hydrogen-bond donors (Lipinski definition) is 0. The van der Waals surface area contributed by atoms with Crippen molar-refractivity contribution in [2.45, 2.75) is 70.3 Å². The fraction of sp³-hybridized carbons (Fsp3) is 0.538. The third-order valence-corrected chi connectivity index (χ3v) is 7.30. The lowest BCUT2D eigenvalue weighted by atomic mass is 9.68. The van der Waals surface area contributed by atoms with Crippen molar-refractivity contribution in [3.63, 3.8) is 0 Å². The first-order chi connectivity index (χ1) is 14.8. The van der Waals surface area contributed by atoms with Crippen molar-refractivity contribution < 1.29 is 22.3 Å². The van der Waals surface area contributed by atoms with Crippen molar-refractivity contribution in [3.8, 4) is 5.75 Å². The quantitative estimate of drug-likeness (QED) is 0.431. The smallest absolute Gasteiger partial charge is 0.426 e. The summed E-state index contributed by atoms with van der Waals surface area (Å²) in [5.74, 6) is 0.490. The summed E-state index contributed by atoms with van der Waals surface area (Å²) in [6.07, 6.45) is 6.39. The average molecular weight is 435 g/mol. The largest absolute Gasteiger partial charge is 0.429 e. The molecule has 31 heavy (non-hydrogen) atoms. The molecule has 0 aliphatic heterocycles. The standard InChI is InChI=1S/C26H30F4O/c1-17-2-4-18(5-3-17)19-6-8-20(9-7-19)21-10-12-22(13-11-21)26(29,30)31-25-15-23(27)14-24(28)16-25/h10-20H,2-9H2,1H3. The summed E-state index contributed by atoms with van der Waals surface area (Å²) in [7, 11) is 0. The summed E-state index contributed by atoms with van der Waals surface area (Å²) in [6, 6.07) is 8.31. The van der Waals surface area contributed by atoms with E-state index in [1.807, 2.05) is 0 Å². The molecule has 0 unspecified atom stereocenters. The minimum Gasteiger partial charge on any atom is -0.429 e. The summed E-state index contributed by atoms with van der Waals surface area (Å²) in [5, 5.41) is 0. The van der Waals surface area contributed by atoms with E-state index in [1.54, 1.807) is 12.1 Å². The first-order valence-corrected chi connectivity index (χ1v) is 11.4. The Morgan fingerprint density at radius 2 is 1.26 bits per heavy atom. The maximum Gasteiger partial charge on any atom is 0.426 e. The second-order valence-corrected chi connectivity index (χ2v) is 9.48. The molecule has 0 saturated heterocycles. The lowest BCUT2D eigenvalue weighted by Gasteiger charge is -2.37. The highest BCUT2D eigenvalue weighted by molar-refractivity contribution is 5.30. The molecule has 0 aromatic heterocycles. The maximum atomic E-state index is 14.5. The second kappa shape index (κ2) is 9.22. The molecule has 2 saturated carbocycles. The molecule has 0 spiro atoms. The summed E-state index contributed by atoms with van der Waals surface area (Å²) >= 11 is 0. The molecule has 0 atom stereocenters. The van der Waals surface area contributed by atoms with Gasteiger partial charge in [-0.25, -0.2) is 8.78 Å². The monoisotopic (exact) mass is 434 g/mol. The number of halogens is 4. The van der Waals surface area contributed by atoms with Gasteiger partial charge in [-0.1, -0.05) is 31.9 Å². The first-order valence-electron chi connectivity index (χ1n) is 11.4. The van der Waals surface area contributed by atoms with E-state index in [4.69, 9.17) is 0 Å². The average Bonchev–Trinajstić information content (AvgIpc) is 2.73. The Kier molecular flexibility index (Phi) is 6.59. The van der Waals surface area contributed by atoms with E-state index >= 15 is 0 Å². The maximum absolute atomic E-state index is 14.5. The second-order valence-electron chi connectivity index (χ2n) is 9.48. The van der Waals surface area contributed by atoms with E-state index in [0.717, 1.165) is 48.3 Å². The van der Waals surface area contributed by atoms with Gasteiger partial charge in [-0.15, -0.1) is 0 Å². The highest BCUT2D eigenvalue weighted by Gasteiger charge is 2.35. The predicted molar refractivity (Wildman–Crippen MR) is 113 cm³/mol. The molecule has 1 nitrogen and oxygen atoms in total. The normalized spacial score (nSPS) is 27.1. The molecule has 2 fully saturated rings. The van der Waals surface area contributed by atoms with Gasteiger partial charge in [0.2, 0.25) is 0 Å². The Morgan fingerprint density at radius 1 is 0.742 bits per heavy atom. The van der Waals surface area contributed by atoms with Crippen LogP contribution in [0.1, 0.15) is 75.3 Å². The van der Waals surface area contributed by atoms with Gasteiger partial charge in [0, 0.05) is 18.2 Å². The van der Waals surface area contributed by atoms with Crippen LogP contribution < -0.4 is 4.74 Å². The van der Waals surface area contributed by atoms with E-state index in [2.05, 4.69) is 11.7 Å². The molecule has 4 rings (SSSR count). The van der Waals surface area contributed by atoms with Crippen molar-refractivity contribution in [1.82, 2.24) is 0 Å². The fourth-order valence-corrected chi connectivity index (χ4v) is 5.42. The molecule has 2 aromatic carbocycles. The minimum absolute atomic E-state index is 0.328. The molecule has 0 N–H and O–H groups in total. The number of benzene rings is 2. The van der Waals surface area contributed by atoms with Gasteiger partial charge in [-0.05, 0) is 79.9 Å². The molecular weight excluding hydrogens is 404 g/mol. The molecule has 0 radical (unpaired) electrons. The van der Waals surface area contributed by atoms with Crippen LogP contribution in [0.4, 0.5) is 17.6 Å². The van der Waals surface area contributed by atoms with Crippen LogP contribution in [0.2, 0.25) is 0 Å². The molecule has 0 bridgehead atoms. The van der Waals surface area contributed by atoms with Crippen molar-refractivity contribution in [1.29, 1.82) is 0 Å². The van der Waals surface area contributed by atoms with E-state index in [-0.39, 0.29) is 5.56 Å². The Bertz CT molecular complexity index is 843. The molecule has 0 amide bonds. The molecule has 168 valence electrons. The topological polar surface area (TPSA) is 9.23 Å². The van der Waals surface area contributed by atoms with Gasteiger partial charge in [0.15, 0.2) is 0 Å². The van der Waals surface area contributed by atoms with Crippen LogP contribution in [-0.2, 0) is 6.11 Å². The highest BCUT2D eigenvalue weighted by Crippen LogP contribution is 2.44. The zero-order chi connectivity index (χ0) is 22.0. The molecule has 2 aromatic rings. The van der Waals surface area contributed by atoms with Crippen LogP contribution in [0.25, 0.3) is 0 Å². The van der Waals surface area contributed by atoms with Crippen molar-refractivity contribution in [2.75, 3.05) is 0 Å². The summed E-state index contributed by atoms with van der Waals surface area (Å²) in [6.45, 7) is 2.35. The number of alkyl halides is 2. The van der Waals surface area contributed by atoms with E-state index in [0.29, 0.717) is 12.0 Å². The van der Waals surface area contributed by atoms with E-state index in [9.17, 15) is 17.6 Å². The lowest BCUT2D eigenvalue weighted by molar-refractivity contribution is -0.185. The van der Waals surface area contributed by atoms with Gasteiger partial charge in [-0.3, -0.25) is 0 Å². The fourth-order valence-electron chi connectivity index (χ4n) is 5.42. The van der Waals surface area contributed by atoms with Crippen LogP contribution in [0, 0.1) is 29.4 Å². The Hall–Kier alpha value is -2.04. The third kappa shape index (κ3) is 5.42. The lowest BCUT2D eigenvalue weighted by Crippen LogP contribution is -2.25. The number of rotatable bonds is 5.